The van der Waals surface area contributed by atoms with Crippen LogP contribution in [-0.2, 0) is 4.79 Å². The van der Waals surface area contributed by atoms with Crippen molar-refractivity contribution in [2.24, 2.45) is 5.41 Å². The predicted molar refractivity (Wildman–Crippen MR) is 64.6 cm³/mol. The largest absolute Gasteiger partial charge is 0.353 e. The molecule has 0 radical (unpaired) electrons. The molecule has 14 heavy (non-hydrogen) atoms. The van der Waals surface area contributed by atoms with Gasteiger partial charge in [0.05, 0.1) is 0 Å². The van der Waals surface area contributed by atoms with E-state index in [1.165, 1.54) is 11.8 Å². The van der Waals surface area contributed by atoms with Gasteiger partial charge >= 0.3 is 0 Å². The van der Waals surface area contributed by atoms with Crippen molar-refractivity contribution in [2.75, 3.05) is 18.1 Å². The van der Waals surface area contributed by atoms with Crippen molar-refractivity contribution in [3.8, 4) is 0 Å². The van der Waals surface area contributed by atoms with E-state index in [1.807, 2.05) is 11.8 Å². The molecule has 1 N–H and O–H groups in total. The van der Waals surface area contributed by atoms with Crippen LogP contribution in [0.4, 0.5) is 0 Å². The van der Waals surface area contributed by atoms with Crippen LogP contribution in [0.25, 0.3) is 0 Å². The summed E-state index contributed by atoms with van der Waals surface area (Å²) >= 11 is 1.94. The number of nitrogens with one attached hydrogen (secondary N) is 1. The van der Waals surface area contributed by atoms with Crippen LogP contribution >= 0.6 is 11.8 Å². The molecule has 0 heterocycles. The molecule has 0 unspecified atom stereocenters. The van der Waals surface area contributed by atoms with E-state index in [-0.39, 0.29) is 5.91 Å². The van der Waals surface area contributed by atoms with Crippen LogP contribution in [0, 0.1) is 5.41 Å². The van der Waals surface area contributed by atoms with Gasteiger partial charge in [0.25, 0.3) is 0 Å². The van der Waals surface area contributed by atoms with Crippen molar-refractivity contribution >= 4 is 17.7 Å². The summed E-state index contributed by atoms with van der Waals surface area (Å²) in [5.41, 5.74) is 0.398. The summed E-state index contributed by atoms with van der Waals surface area (Å²) in [5.74, 6) is 2.20. The summed E-state index contributed by atoms with van der Waals surface area (Å²) < 4.78 is 0. The van der Waals surface area contributed by atoms with Crippen LogP contribution in [0.2, 0.25) is 0 Å². The maximum atomic E-state index is 10.8. The van der Waals surface area contributed by atoms with Crippen LogP contribution in [0.5, 0.6) is 0 Å². The first-order valence-corrected chi connectivity index (χ1v) is 6.09. The van der Waals surface area contributed by atoms with Crippen LogP contribution in [0.15, 0.2) is 12.7 Å². The van der Waals surface area contributed by atoms with Gasteiger partial charge in [-0.3, -0.25) is 4.79 Å². The standard InChI is InChI=1S/C11H21NOS/c1-5-10(13)12-7-6-8-14-9-11(2,3)4/h5H,1,6-9H2,2-4H3,(H,12,13). The Morgan fingerprint density at radius 1 is 1.50 bits per heavy atom. The Morgan fingerprint density at radius 3 is 2.64 bits per heavy atom. The van der Waals surface area contributed by atoms with Crippen molar-refractivity contribution in [1.29, 1.82) is 0 Å². The number of carbonyl (C=O) groups excluding carboxylic acids is 1. The van der Waals surface area contributed by atoms with Crippen LogP contribution in [0.3, 0.4) is 0 Å². The van der Waals surface area contributed by atoms with Gasteiger partial charge in [0.2, 0.25) is 5.91 Å². The van der Waals surface area contributed by atoms with Gasteiger partial charge in [-0.1, -0.05) is 27.4 Å². The zero-order valence-electron chi connectivity index (χ0n) is 9.43. The summed E-state index contributed by atoms with van der Waals surface area (Å²) in [6.07, 6.45) is 2.34. The molecule has 0 saturated heterocycles. The lowest BCUT2D eigenvalue weighted by Gasteiger charge is -2.16. The Balaban J connectivity index is 3.22. The number of amides is 1. The molecule has 0 spiro atoms. The van der Waals surface area contributed by atoms with Crippen molar-refractivity contribution in [3.05, 3.63) is 12.7 Å². The van der Waals surface area contributed by atoms with E-state index in [0.29, 0.717) is 5.41 Å². The molecule has 82 valence electrons. The minimum Gasteiger partial charge on any atom is -0.353 e. The molecule has 0 aliphatic rings. The van der Waals surface area contributed by atoms with E-state index in [4.69, 9.17) is 0 Å². The molecule has 3 heteroatoms. The fourth-order valence-electron chi connectivity index (χ4n) is 0.836. The minimum atomic E-state index is -0.0779. The van der Waals surface area contributed by atoms with E-state index in [1.54, 1.807) is 0 Å². The van der Waals surface area contributed by atoms with Gasteiger partial charge in [-0.25, -0.2) is 0 Å². The Morgan fingerprint density at radius 2 is 2.14 bits per heavy atom. The summed E-state index contributed by atoms with van der Waals surface area (Å²) in [5, 5.41) is 2.76. The zero-order valence-corrected chi connectivity index (χ0v) is 10.2. The number of hydrogen-bond acceptors (Lipinski definition) is 2. The normalized spacial score (nSPS) is 11.1. The minimum absolute atomic E-state index is 0.0779. The highest BCUT2D eigenvalue weighted by atomic mass is 32.2. The molecule has 2 nitrogen and oxygen atoms in total. The highest BCUT2D eigenvalue weighted by molar-refractivity contribution is 7.99. The quantitative estimate of drug-likeness (QED) is 0.545. The van der Waals surface area contributed by atoms with Crippen molar-refractivity contribution < 1.29 is 4.79 Å². The maximum absolute atomic E-state index is 10.8. The molecule has 0 atom stereocenters. The third kappa shape index (κ3) is 9.65. The third-order valence-electron chi connectivity index (χ3n) is 1.49. The molecule has 0 aliphatic carbocycles. The first-order valence-electron chi connectivity index (χ1n) is 4.94. The molecule has 0 fully saturated rings. The van der Waals surface area contributed by atoms with Crippen LogP contribution in [0.1, 0.15) is 27.2 Å². The Bertz CT molecular complexity index is 184. The molecule has 0 bridgehead atoms. The highest BCUT2D eigenvalue weighted by Crippen LogP contribution is 2.20. The van der Waals surface area contributed by atoms with Gasteiger partial charge in [0.15, 0.2) is 0 Å². The van der Waals surface area contributed by atoms with Gasteiger partial charge in [-0.05, 0) is 29.4 Å². The zero-order chi connectivity index (χ0) is 11.0. The average Bonchev–Trinajstić information content (AvgIpc) is 2.08. The topological polar surface area (TPSA) is 29.1 Å². The molecule has 0 rings (SSSR count). The summed E-state index contributed by atoms with van der Waals surface area (Å²) in [7, 11) is 0. The van der Waals surface area contributed by atoms with Crippen LogP contribution < -0.4 is 5.32 Å². The van der Waals surface area contributed by atoms with E-state index >= 15 is 0 Å². The average molecular weight is 215 g/mol. The molecule has 0 saturated carbocycles. The number of thioether (sulfide) groups is 1. The molecule has 0 aromatic heterocycles. The second-order valence-corrected chi connectivity index (χ2v) is 5.57. The third-order valence-corrected chi connectivity index (χ3v) is 3.13. The second-order valence-electron chi connectivity index (χ2n) is 4.46. The highest BCUT2D eigenvalue weighted by Gasteiger charge is 2.08. The smallest absolute Gasteiger partial charge is 0.243 e. The van der Waals surface area contributed by atoms with Gasteiger partial charge in [0.1, 0.15) is 0 Å². The molecular weight excluding hydrogens is 194 g/mol. The fourth-order valence-corrected chi connectivity index (χ4v) is 1.94. The lowest BCUT2D eigenvalue weighted by Crippen LogP contribution is -2.22. The van der Waals surface area contributed by atoms with E-state index in [9.17, 15) is 4.79 Å². The Kier molecular flexibility index (Phi) is 6.71. The molecule has 0 aromatic carbocycles. The first kappa shape index (κ1) is 13.6. The fraction of sp³-hybridized carbons (Fsp3) is 0.727. The molecule has 0 aliphatic heterocycles. The van der Waals surface area contributed by atoms with Gasteiger partial charge in [0, 0.05) is 6.54 Å². The molecule has 1 amide bonds. The van der Waals surface area contributed by atoms with E-state index in [2.05, 4.69) is 32.7 Å². The summed E-state index contributed by atoms with van der Waals surface area (Å²) in [4.78, 5) is 10.8. The Labute approximate surface area is 91.5 Å². The SMILES string of the molecule is C=CC(=O)NCCCSCC(C)(C)C. The van der Waals surface area contributed by atoms with Gasteiger partial charge in [-0.15, -0.1) is 0 Å². The summed E-state index contributed by atoms with van der Waals surface area (Å²) in [6, 6.07) is 0. The van der Waals surface area contributed by atoms with Gasteiger partial charge < -0.3 is 5.32 Å². The number of rotatable bonds is 6. The molecular formula is C11H21NOS. The monoisotopic (exact) mass is 215 g/mol. The van der Waals surface area contributed by atoms with Crippen LogP contribution in [-0.4, -0.2) is 24.0 Å². The number of hydrogen-bond donors (Lipinski definition) is 1. The molecule has 0 aromatic rings. The lowest BCUT2D eigenvalue weighted by atomic mass is 10.0. The lowest BCUT2D eigenvalue weighted by molar-refractivity contribution is -0.116. The van der Waals surface area contributed by atoms with Gasteiger partial charge in [-0.2, -0.15) is 11.8 Å². The number of carbonyl (C=O) groups is 1. The Hall–Kier alpha value is -0.440. The van der Waals surface area contributed by atoms with E-state index < -0.39 is 0 Å². The van der Waals surface area contributed by atoms with Crippen molar-refractivity contribution in [2.45, 2.75) is 27.2 Å². The van der Waals surface area contributed by atoms with Crippen molar-refractivity contribution in [3.63, 3.8) is 0 Å². The van der Waals surface area contributed by atoms with E-state index in [0.717, 1.165) is 18.7 Å². The predicted octanol–water partition coefficient (Wildman–Crippen LogP) is 2.46. The maximum Gasteiger partial charge on any atom is 0.243 e. The van der Waals surface area contributed by atoms with Crippen molar-refractivity contribution in [1.82, 2.24) is 5.32 Å². The second kappa shape index (κ2) is 6.93. The summed E-state index contributed by atoms with van der Waals surface area (Å²) in [6.45, 7) is 10.8. The first-order chi connectivity index (χ1) is 6.45.